The summed E-state index contributed by atoms with van der Waals surface area (Å²) in [6.45, 7) is 4.82. The van der Waals surface area contributed by atoms with E-state index in [0.29, 0.717) is 38.0 Å². The van der Waals surface area contributed by atoms with Crippen LogP contribution in [-0.4, -0.2) is 47.9 Å². The van der Waals surface area contributed by atoms with E-state index >= 15 is 0 Å². The van der Waals surface area contributed by atoms with Gasteiger partial charge in [0, 0.05) is 32.1 Å². The quantitative estimate of drug-likeness (QED) is 0.899. The number of carbonyl (C=O) groups is 2. The molecule has 4 rings (SSSR count). The number of hydrogen-bond acceptors (Lipinski definition) is 2. The lowest BCUT2D eigenvalue weighted by Crippen LogP contribution is -2.54. The number of urea groups is 1. The van der Waals surface area contributed by atoms with Crippen molar-refractivity contribution in [2.24, 2.45) is 5.92 Å². The Hall–Kier alpha value is -2.04. The van der Waals surface area contributed by atoms with Crippen LogP contribution in [-0.2, 0) is 4.79 Å². The zero-order valence-electron chi connectivity index (χ0n) is 14.9. The molecule has 25 heavy (non-hydrogen) atoms. The molecule has 2 fully saturated rings. The Morgan fingerprint density at radius 1 is 1.00 bits per heavy atom. The highest BCUT2D eigenvalue weighted by Gasteiger charge is 2.33. The van der Waals surface area contributed by atoms with Gasteiger partial charge in [-0.15, -0.1) is 0 Å². The standard InChI is InChI=1S/C20H27N3O2/c1-14-13-18(17-8-3-2-7-16(14)17)21-20(25)23-11-9-22(10-12-23)19(24)15-5-4-6-15/h2-3,7-8,14-15,18H,4-6,9-13H2,1H3,(H,21,25)/t14-,18+/m1/s1. The number of hydrogen-bond donors (Lipinski definition) is 1. The summed E-state index contributed by atoms with van der Waals surface area (Å²) in [5.41, 5.74) is 2.60. The third-order valence-corrected chi connectivity index (χ3v) is 6.12. The van der Waals surface area contributed by atoms with Gasteiger partial charge in [-0.25, -0.2) is 4.79 Å². The number of rotatable bonds is 2. The van der Waals surface area contributed by atoms with Gasteiger partial charge < -0.3 is 15.1 Å². The molecule has 5 nitrogen and oxygen atoms in total. The van der Waals surface area contributed by atoms with Crippen LogP contribution in [0.5, 0.6) is 0 Å². The van der Waals surface area contributed by atoms with Gasteiger partial charge in [0.2, 0.25) is 5.91 Å². The first-order valence-electron chi connectivity index (χ1n) is 9.56. The molecule has 1 heterocycles. The number of amides is 3. The predicted octanol–water partition coefficient (Wildman–Crippen LogP) is 2.89. The topological polar surface area (TPSA) is 52.7 Å². The Bertz CT molecular complexity index is 663. The number of benzene rings is 1. The molecule has 0 spiro atoms. The Labute approximate surface area is 149 Å². The molecule has 3 aliphatic rings. The fraction of sp³-hybridized carbons (Fsp3) is 0.600. The zero-order chi connectivity index (χ0) is 17.4. The molecule has 0 aromatic heterocycles. The molecular formula is C20H27N3O2. The Kier molecular flexibility index (Phi) is 4.40. The molecule has 1 aliphatic heterocycles. The molecule has 2 atom stereocenters. The van der Waals surface area contributed by atoms with Crippen molar-refractivity contribution in [3.63, 3.8) is 0 Å². The predicted molar refractivity (Wildman–Crippen MR) is 96.2 cm³/mol. The lowest BCUT2D eigenvalue weighted by atomic mass is 9.84. The number of fused-ring (bicyclic) bond motifs is 1. The maximum atomic E-state index is 12.7. The number of piperazine rings is 1. The van der Waals surface area contributed by atoms with Crippen LogP contribution in [0.4, 0.5) is 4.79 Å². The van der Waals surface area contributed by atoms with Gasteiger partial charge in [-0.3, -0.25) is 4.79 Å². The van der Waals surface area contributed by atoms with Crippen molar-refractivity contribution in [3.05, 3.63) is 35.4 Å². The maximum absolute atomic E-state index is 12.7. The minimum Gasteiger partial charge on any atom is -0.339 e. The van der Waals surface area contributed by atoms with Crippen LogP contribution in [0.1, 0.15) is 55.7 Å². The molecule has 1 aromatic rings. The molecule has 1 aromatic carbocycles. The zero-order valence-corrected chi connectivity index (χ0v) is 14.9. The third kappa shape index (κ3) is 3.12. The van der Waals surface area contributed by atoms with Crippen molar-refractivity contribution >= 4 is 11.9 Å². The molecule has 2 aliphatic carbocycles. The van der Waals surface area contributed by atoms with Gasteiger partial charge >= 0.3 is 6.03 Å². The SMILES string of the molecule is C[C@@H]1C[C@H](NC(=O)N2CCN(C(=O)C3CCC3)CC2)c2ccccc21. The lowest BCUT2D eigenvalue weighted by Gasteiger charge is -2.38. The molecule has 1 N–H and O–H groups in total. The van der Waals surface area contributed by atoms with Crippen LogP contribution in [0.25, 0.3) is 0 Å². The van der Waals surface area contributed by atoms with Crippen LogP contribution in [0.3, 0.4) is 0 Å². The molecule has 134 valence electrons. The summed E-state index contributed by atoms with van der Waals surface area (Å²) < 4.78 is 0. The Morgan fingerprint density at radius 3 is 2.28 bits per heavy atom. The smallest absolute Gasteiger partial charge is 0.318 e. The number of nitrogens with one attached hydrogen (secondary N) is 1. The van der Waals surface area contributed by atoms with E-state index in [1.165, 1.54) is 17.5 Å². The summed E-state index contributed by atoms with van der Waals surface area (Å²) in [6, 6.07) is 8.51. The van der Waals surface area contributed by atoms with Crippen LogP contribution in [0.15, 0.2) is 24.3 Å². The van der Waals surface area contributed by atoms with Crippen LogP contribution in [0, 0.1) is 5.92 Å². The first kappa shape index (κ1) is 16.4. The minimum atomic E-state index is 0.00430. The largest absolute Gasteiger partial charge is 0.339 e. The highest BCUT2D eigenvalue weighted by molar-refractivity contribution is 5.80. The van der Waals surface area contributed by atoms with Gasteiger partial charge in [-0.1, -0.05) is 37.6 Å². The molecule has 0 unspecified atom stereocenters. The first-order chi connectivity index (χ1) is 12.1. The Morgan fingerprint density at radius 2 is 1.64 bits per heavy atom. The summed E-state index contributed by atoms with van der Waals surface area (Å²) in [5, 5.41) is 3.21. The van der Waals surface area contributed by atoms with Gasteiger partial charge in [0.15, 0.2) is 0 Å². The molecular weight excluding hydrogens is 314 g/mol. The van der Waals surface area contributed by atoms with Crippen molar-refractivity contribution in [1.29, 1.82) is 0 Å². The van der Waals surface area contributed by atoms with Crippen LogP contribution >= 0.6 is 0 Å². The van der Waals surface area contributed by atoms with Crippen molar-refractivity contribution in [3.8, 4) is 0 Å². The summed E-state index contributed by atoms with van der Waals surface area (Å²) >= 11 is 0. The fourth-order valence-electron chi connectivity index (χ4n) is 4.30. The van der Waals surface area contributed by atoms with Crippen molar-refractivity contribution in [2.45, 2.75) is 44.6 Å². The van der Waals surface area contributed by atoms with Gasteiger partial charge in [0.05, 0.1) is 6.04 Å². The fourth-order valence-corrected chi connectivity index (χ4v) is 4.30. The molecule has 0 radical (unpaired) electrons. The van der Waals surface area contributed by atoms with E-state index in [1.807, 2.05) is 15.9 Å². The van der Waals surface area contributed by atoms with Gasteiger partial charge in [0.25, 0.3) is 0 Å². The van der Waals surface area contributed by atoms with E-state index in [1.54, 1.807) is 0 Å². The second-order valence-electron chi connectivity index (χ2n) is 7.71. The second-order valence-corrected chi connectivity index (χ2v) is 7.71. The average molecular weight is 341 g/mol. The molecule has 1 saturated heterocycles. The van der Waals surface area contributed by atoms with Crippen molar-refractivity contribution in [1.82, 2.24) is 15.1 Å². The highest BCUT2D eigenvalue weighted by Crippen LogP contribution is 2.39. The van der Waals surface area contributed by atoms with E-state index < -0.39 is 0 Å². The summed E-state index contributed by atoms with van der Waals surface area (Å²) in [7, 11) is 0. The summed E-state index contributed by atoms with van der Waals surface area (Å²) in [5.74, 6) is 1.03. The van der Waals surface area contributed by atoms with E-state index in [9.17, 15) is 9.59 Å². The maximum Gasteiger partial charge on any atom is 0.318 e. The van der Waals surface area contributed by atoms with E-state index in [0.717, 1.165) is 19.3 Å². The van der Waals surface area contributed by atoms with Crippen LogP contribution < -0.4 is 5.32 Å². The molecule has 1 saturated carbocycles. The monoisotopic (exact) mass is 341 g/mol. The third-order valence-electron chi connectivity index (χ3n) is 6.12. The average Bonchev–Trinajstić information content (AvgIpc) is 2.90. The number of carbonyl (C=O) groups excluding carboxylic acids is 2. The molecule has 5 heteroatoms. The highest BCUT2D eigenvalue weighted by atomic mass is 16.2. The Balaban J connectivity index is 1.32. The minimum absolute atomic E-state index is 0.00430. The number of nitrogens with zero attached hydrogens (tertiary/aromatic N) is 2. The van der Waals surface area contributed by atoms with Crippen molar-refractivity contribution in [2.75, 3.05) is 26.2 Å². The van der Waals surface area contributed by atoms with E-state index in [4.69, 9.17) is 0 Å². The normalized spacial score (nSPS) is 26.1. The summed E-state index contributed by atoms with van der Waals surface area (Å²) in [6.07, 6.45) is 4.23. The van der Waals surface area contributed by atoms with Crippen molar-refractivity contribution < 1.29 is 9.59 Å². The molecule has 0 bridgehead atoms. The van der Waals surface area contributed by atoms with Crippen LogP contribution in [0.2, 0.25) is 0 Å². The van der Waals surface area contributed by atoms with Gasteiger partial charge in [-0.05, 0) is 36.3 Å². The first-order valence-corrected chi connectivity index (χ1v) is 9.56. The van der Waals surface area contributed by atoms with Gasteiger partial charge in [-0.2, -0.15) is 0 Å². The van der Waals surface area contributed by atoms with E-state index in [-0.39, 0.29) is 18.0 Å². The van der Waals surface area contributed by atoms with Gasteiger partial charge in [0.1, 0.15) is 0 Å². The summed E-state index contributed by atoms with van der Waals surface area (Å²) in [4.78, 5) is 28.8. The molecule has 3 amide bonds. The second kappa shape index (κ2) is 6.70. The van der Waals surface area contributed by atoms with E-state index in [2.05, 4.69) is 30.4 Å². The lowest BCUT2D eigenvalue weighted by molar-refractivity contribution is -0.139.